The first-order valence-corrected chi connectivity index (χ1v) is 10.0. The van der Waals surface area contributed by atoms with Gasteiger partial charge >= 0.3 is 6.61 Å². The Bertz CT molecular complexity index is 897. The number of ether oxygens (including phenoxy) is 1. The molecule has 30 heavy (non-hydrogen) atoms. The van der Waals surface area contributed by atoms with E-state index < -0.39 is 12.7 Å². The van der Waals surface area contributed by atoms with Crippen molar-refractivity contribution < 1.29 is 23.1 Å². The quantitative estimate of drug-likeness (QED) is 0.722. The van der Waals surface area contributed by atoms with Crippen molar-refractivity contribution in [3.63, 3.8) is 0 Å². The summed E-state index contributed by atoms with van der Waals surface area (Å²) in [5.41, 5.74) is 2.25. The minimum Gasteiger partial charge on any atom is -0.435 e. The Morgan fingerprint density at radius 1 is 0.900 bits per heavy atom. The number of anilines is 3. The summed E-state index contributed by atoms with van der Waals surface area (Å²) < 4.78 is 28.9. The van der Waals surface area contributed by atoms with Crippen LogP contribution < -0.4 is 19.9 Å². The highest BCUT2D eigenvalue weighted by Gasteiger charge is 2.39. The number of carbonyl (C=O) groups is 2. The molecule has 0 saturated carbocycles. The van der Waals surface area contributed by atoms with Gasteiger partial charge in [-0.25, -0.2) is 4.90 Å². The third-order valence-corrected chi connectivity index (χ3v) is 5.40. The number of halogens is 2. The lowest BCUT2D eigenvalue weighted by Crippen LogP contribution is -2.34. The summed E-state index contributed by atoms with van der Waals surface area (Å²) in [6.45, 7) is -0.822. The fraction of sp³-hybridized carbons (Fsp3) is 0.364. The Hall–Kier alpha value is -3.16. The summed E-state index contributed by atoms with van der Waals surface area (Å²) in [4.78, 5) is 28.6. The molecule has 2 aliphatic rings. The fourth-order valence-electron chi connectivity index (χ4n) is 3.91. The van der Waals surface area contributed by atoms with Gasteiger partial charge < -0.3 is 15.0 Å². The van der Waals surface area contributed by atoms with E-state index in [0.29, 0.717) is 5.69 Å². The minimum atomic E-state index is -2.93. The van der Waals surface area contributed by atoms with Crippen LogP contribution in [0.4, 0.5) is 25.8 Å². The van der Waals surface area contributed by atoms with Crippen molar-refractivity contribution >= 4 is 28.9 Å². The smallest absolute Gasteiger partial charge is 0.387 e. The van der Waals surface area contributed by atoms with Gasteiger partial charge in [-0.05, 0) is 67.8 Å². The molecule has 1 N–H and O–H groups in total. The van der Waals surface area contributed by atoms with Gasteiger partial charge in [0, 0.05) is 24.5 Å². The molecule has 2 aromatic rings. The zero-order valence-corrected chi connectivity index (χ0v) is 16.4. The van der Waals surface area contributed by atoms with E-state index in [1.54, 1.807) is 0 Å². The third-order valence-electron chi connectivity index (χ3n) is 5.40. The van der Waals surface area contributed by atoms with E-state index in [1.165, 1.54) is 43.5 Å². The van der Waals surface area contributed by atoms with Crippen LogP contribution in [-0.2, 0) is 9.59 Å². The van der Waals surface area contributed by atoms with Crippen LogP contribution in [0.1, 0.15) is 25.7 Å². The van der Waals surface area contributed by atoms with Crippen molar-refractivity contribution in [3.05, 3.63) is 48.5 Å². The number of alkyl halides is 2. The second kappa shape index (κ2) is 8.69. The van der Waals surface area contributed by atoms with Crippen molar-refractivity contribution in [2.45, 2.75) is 38.3 Å². The molecule has 4 rings (SSSR count). The van der Waals surface area contributed by atoms with Gasteiger partial charge in [0.15, 0.2) is 0 Å². The van der Waals surface area contributed by atoms with Crippen LogP contribution in [0.2, 0.25) is 0 Å². The zero-order valence-electron chi connectivity index (χ0n) is 16.4. The number of benzene rings is 2. The molecule has 0 bridgehead atoms. The molecule has 0 unspecified atom stereocenters. The van der Waals surface area contributed by atoms with Gasteiger partial charge in [-0.2, -0.15) is 8.78 Å². The number of imide groups is 1. The van der Waals surface area contributed by atoms with E-state index in [2.05, 4.69) is 15.0 Å². The highest BCUT2D eigenvalue weighted by Crippen LogP contribution is 2.28. The van der Waals surface area contributed by atoms with E-state index in [4.69, 9.17) is 0 Å². The van der Waals surface area contributed by atoms with Crippen LogP contribution in [0.15, 0.2) is 48.5 Å². The predicted molar refractivity (Wildman–Crippen MR) is 110 cm³/mol. The molecule has 2 aromatic carbocycles. The number of hydrogen-bond donors (Lipinski definition) is 1. The van der Waals surface area contributed by atoms with Crippen molar-refractivity contribution in [1.29, 1.82) is 0 Å². The summed E-state index contributed by atoms with van der Waals surface area (Å²) in [6.07, 6.45) is 3.70. The maximum absolute atomic E-state index is 12.8. The topological polar surface area (TPSA) is 61.9 Å². The van der Waals surface area contributed by atoms with Crippen molar-refractivity contribution in [1.82, 2.24) is 0 Å². The van der Waals surface area contributed by atoms with Crippen LogP contribution in [0.25, 0.3) is 0 Å². The number of rotatable bonds is 6. The fourth-order valence-corrected chi connectivity index (χ4v) is 3.91. The van der Waals surface area contributed by atoms with Gasteiger partial charge in [0.25, 0.3) is 5.91 Å². The van der Waals surface area contributed by atoms with Crippen LogP contribution >= 0.6 is 0 Å². The van der Waals surface area contributed by atoms with E-state index in [-0.39, 0.29) is 24.0 Å². The van der Waals surface area contributed by atoms with E-state index in [9.17, 15) is 18.4 Å². The van der Waals surface area contributed by atoms with Crippen LogP contribution in [-0.4, -0.2) is 37.6 Å². The first-order chi connectivity index (χ1) is 14.5. The first kappa shape index (κ1) is 20.1. The van der Waals surface area contributed by atoms with E-state index in [1.807, 2.05) is 24.3 Å². The highest BCUT2D eigenvalue weighted by molar-refractivity contribution is 6.23. The molecule has 0 aliphatic carbocycles. The normalized spacial score (nSPS) is 19.5. The predicted octanol–water partition coefficient (Wildman–Crippen LogP) is 4.02. The molecule has 2 aliphatic heterocycles. The molecule has 0 spiro atoms. The molecular weight excluding hydrogens is 392 g/mol. The van der Waals surface area contributed by atoms with Crippen molar-refractivity contribution in [2.75, 3.05) is 28.2 Å². The van der Waals surface area contributed by atoms with Crippen LogP contribution in [0.5, 0.6) is 5.75 Å². The van der Waals surface area contributed by atoms with Gasteiger partial charge in [-0.3, -0.25) is 9.59 Å². The maximum Gasteiger partial charge on any atom is 0.387 e. The minimum absolute atomic E-state index is 0.0298. The first-order valence-electron chi connectivity index (χ1n) is 10.0. The van der Waals surface area contributed by atoms with Crippen molar-refractivity contribution in [2.24, 2.45) is 0 Å². The molecule has 6 nitrogen and oxygen atoms in total. The molecule has 0 aromatic heterocycles. The highest BCUT2D eigenvalue weighted by atomic mass is 19.3. The van der Waals surface area contributed by atoms with Gasteiger partial charge in [0.05, 0.1) is 12.1 Å². The Labute approximate surface area is 173 Å². The van der Waals surface area contributed by atoms with Gasteiger partial charge in [-0.15, -0.1) is 0 Å². The summed E-state index contributed by atoms with van der Waals surface area (Å²) in [5, 5.41) is 3.13. The summed E-state index contributed by atoms with van der Waals surface area (Å²) >= 11 is 0. The molecule has 2 fully saturated rings. The van der Waals surface area contributed by atoms with Crippen LogP contribution in [0, 0.1) is 0 Å². The van der Waals surface area contributed by atoms with E-state index in [0.717, 1.165) is 29.4 Å². The molecule has 8 heteroatoms. The number of amides is 2. The largest absolute Gasteiger partial charge is 0.435 e. The van der Waals surface area contributed by atoms with Gasteiger partial charge in [0.2, 0.25) is 5.91 Å². The van der Waals surface area contributed by atoms with E-state index >= 15 is 0 Å². The Morgan fingerprint density at radius 2 is 1.53 bits per heavy atom. The zero-order chi connectivity index (χ0) is 21.1. The third kappa shape index (κ3) is 4.37. The lowest BCUT2D eigenvalue weighted by atomic mass is 10.1. The lowest BCUT2D eigenvalue weighted by molar-refractivity contribution is -0.121. The Morgan fingerprint density at radius 3 is 2.17 bits per heavy atom. The lowest BCUT2D eigenvalue weighted by Gasteiger charge is -2.29. The summed E-state index contributed by atoms with van der Waals surface area (Å²) in [7, 11) is 0. The van der Waals surface area contributed by atoms with Gasteiger partial charge in [-0.1, -0.05) is 0 Å². The number of nitrogens with one attached hydrogen (secondary N) is 1. The number of nitrogens with zero attached hydrogens (tertiary/aromatic N) is 2. The summed E-state index contributed by atoms with van der Waals surface area (Å²) in [5.74, 6) is -0.746. The van der Waals surface area contributed by atoms with Gasteiger partial charge in [0.1, 0.15) is 11.8 Å². The average Bonchev–Trinajstić information content (AvgIpc) is 3.02. The molecular formula is C22H23F2N3O3. The monoisotopic (exact) mass is 415 g/mol. The molecule has 2 saturated heterocycles. The molecule has 2 amide bonds. The van der Waals surface area contributed by atoms with Crippen molar-refractivity contribution in [3.8, 4) is 5.75 Å². The molecule has 2 heterocycles. The number of hydrogen-bond acceptors (Lipinski definition) is 5. The second-order valence-corrected chi connectivity index (χ2v) is 7.44. The number of piperidine rings is 1. The maximum atomic E-state index is 12.8. The molecule has 158 valence electrons. The average molecular weight is 415 g/mol. The second-order valence-electron chi connectivity index (χ2n) is 7.44. The Balaban J connectivity index is 1.41. The molecule has 0 radical (unpaired) electrons. The van der Waals surface area contributed by atoms with Crippen LogP contribution in [0.3, 0.4) is 0 Å². The number of carbonyl (C=O) groups excluding carboxylic acids is 2. The SMILES string of the molecule is O=C1C[C@H](Nc2ccc(N3CCCCC3)cc2)C(=O)N1c1ccc(OC(F)F)cc1. The molecule has 1 atom stereocenters. The summed E-state index contributed by atoms with van der Waals surface area (Å²) in [6, 6.07) is 12.7. The standard InChI is InChI=1S/C22H23F2N3O3/c23-22(24)30-18-10-8-17(9-11-18)27-20(28)14-19(21(27)29)25-15-4-6-16(7-5-15)26-12-2-1-3-13-26/h4-11,19,22,25H,1-3,12-14H2/t19-/m0/s1. The Kier molecular flexibility index (Phi) is 5.83.